The molecule has 1 aromatic rings. The Kier molecular flexibility index (Phi) is 2.59. The van der Waals surface area contributed by atoms with Crippen molar-refractivity contribution in [2.75, 3.05) is 26.3 Å². The van der Waals surface area contributed by atoms with Crippen molar-refractivity contribution in [1.29, 1.82) is 0 Å². The van der Waals surface area contributed by atoms with Gasteiger partial charge in [0.05, 0.1) is 18.1 Å². The Labute approximate surface area is 109 Å². The predicted octanol–water partition coefficient (Wildman–Crippen LogP) is 1.47. The minimum atomic E-state index is -3.31. The zero-order valence-electron chi connectivity index (χ0n) is 9.10. The SMILES string of the molecule is O=S(=O)(c1ccc(Br)cc1)N1CC2(COC2)C1. The molecule has 0 atom stereocenters. The van der Waals surface area contributed by atoms with Crippen LogP contribution in [-0.4, -0.2) is 39.0 Å². The molecule has 1 spiro atoms. The van der Waals surface area contributed by atoms with Crippen molar-refractivity contribution >= 4 is 26.0 Å². The molecular formula is C11H12BrNO3S. The van der Waals surface area contributed by atoms with E-state index in [4.69, 9.17) is 4.74 Å². The van der Waals surface area contributed by atoms with Gasteiger partial charge in [0, 0.05) is 23.0 Å². The van der Waals surface area contributed by atoms with E-state index in [0.29, 0.717) is 31.2 Å². The van der Waals surface area contributed by atoms with E-state index in [1.165, 1.54) is 4.31 Å². The fraction of sp³-hybridized carbons (Fsp3) is 0.455. The maximum absolute atomic E-state index is 12.2. The molecule has 0 amide bonds. The maximum atomic E-state index is 12.2. The van der Waals surface area contributed by atoms with E-state index in [-0.39, 0.29) is 5.41 Å². The Morgan fingerprint density at radius 3 is 2.24 bits per heavy atom. The Hall–Kier alpha value is -0.430. The van der Waals surface area contributed by atoms with E-state index >= 15 is 0 Å². The van der Waals surface area contributed by atoms with E-state index in [1.807, 2.05) is 0 Å². The van der Waals surface area contributed by atoms with E-state index in [2.05, 4.69) is 15.9 Å². The molecule has 0 saturated carbocycles. The molecule has 0 aromatic heterocycles. The third-order valence-electron chi connectivity index (χ3n) is 3.29. The first kappa shape index (κ1) is 11.6. The van der Waals surface area contributed by atoms with Gasteiger partial charge in [-0.1, -0.05) is 15.9 Å². The van der Waals surface area contributed by atoms with E-state index in [9.17, 15) is 8.42 Å². The van der Waals surface area contributed by atoms with Crippen LogP contribution in [0.2, 0.25) is 0 Å². The van der Waals surface area contributed by atoms with Gasteiger partial charge in [-0.05, 0) is 24.3 Å². The largest absolute Gasteiger partial charge is 0.380 e. The maximum Gasteiger partial charge on any atom is 0.243 e. The van der Waals surface area contributed by atoms with Gasteiger partial charge in [0.1, 0.15) is 0 Å². The van der Waals surface area contributed by atoms with Crippen molar-refractivity contribution in [1.82, 2.24) is 4.31 Å². The summed E-state index contributed by atoms with van der Waals surface area (Å²) in [6, 6.07) is 6.74. The van der Waals surface area contributed by atoms with Crippen LogP contribution < -0.4 is 0 Å². The van der Waals surface area contributed by atoms with Crippen LogP contribution in [0.5, 0.6) is 0 Å². The molecule has 17 heavy (non-hydrogen) atoms. The van der Waals surface area contributed by atoms with E-state index in [1.54, 1.807) is 24.3 Å². The summed E-state index contributed by atoms with van der Waals surface area (Å²) in [7, 11) is -3.31. The molecule has 2 aliphatic heterocycles. The van der Waals surface area contributed by atoms with Gasteiger partial charge in [-0.3, -0.25) is 0 Å². The highest BCUT2D eigenvalue weighted by atomic mass is 79.9. The lowest BCUT2D eigenvalue weighted by Gasteiger charge is -2.53. The smallest absolute Gasteiger partial charge is 0.243 e. The van der Waals surface area contributed by atoms with Crippen LogP contribution in [0.1, 0.15) is 0 Å². The normalized spacial score (nSPS) is 23.1. The zero-order chi connectivity index (χ0) is 12.1. The van der Waals surface area contributed by atoms with Crippen molar-refractivity contribution in [2.45, 2.75) is 4.90 Å². The molecule has 2 heterocycles. The number of nitrogens with zero attached hydrogens (tertiary/aromatic N) is 1. The van der Waals surface area contributed by atoms with Crippen LogP contribution in [0.15, 0.2) is 33.6 Å². The first-order valence-corrected chi connectivity index (χ1v) is 7.59. The standard InChI is InChI=1S/C11H12BrNO3S/c12-9-1-3-10(4-2-9)17(14,15)13-5-11(6-13)7-16-8-11/h1-4H,5-8H2. The Bertz CT molecular complexity index is 528. The Balaban J connectivity index is 1.80. The Morgan fingerprint density at radius 2 is 1.76 bits per heavy atom. The quantitative estimate of drug-likeness (QED) is 0.830. The van der Waals surface area contributed by atoms with Crippen molar-refractivity contribution in [2.24, 2.45) is 5.41 Å². The number of hydrogen-bond acceptors (Lipinski definition) is 3. The lowest BCUT2D eigenvalue weighted by atomic mass is 9.80. The number of rotatable bonds is 2. The van der Waals surface area contributed by atoms with Crippen LogP contribution in [-0.2, 0) is 14.8 Å². The molecule has 0 aliphatic carbocycles. The number of halogens is 1. The topological polar surface area (TPSA) is 46.6 Å². The van der Waals surface area contributed by atoms with Crippen molar-refractivity contribution in [3.63, 3.8) is 0 Å². The fourth-order valence-corrected chi connectivity index (χ4v) is 4.13. The van der Waals surface area contributed by atoms with Crippen LogP contribution in [0.25, 0.3) is 0 Å². The van der Waals surface area contributed by atoms with Gasteiger partial charge in [-0.2, -0.15) is 4.31 Å². The van der Waals surface area contributed by atoms with Crippen LogP contribution in [0.3, 0.4) is 0 Å². The van der Waals surface area contributed by atoms with Gasteiger partial charge >= 0.3 is 0 Å². The second-order valence-corrected chi connectivity index (χ2v) is 7.57. The van der Waals surface area contributed by atoms with Crippen LogP contribution in [0.4, 0.5) is 0 Å². The third-order valence-corrected chi connectivity index (χ3v) is 5.63. The number of hydrogen-bond donors (Lipinski definition) is 0. The molecule has 1 aromatic carbocycles. The molecule has 2 fully saturated rings. The van der Waals surface area contributed by atoms with E-state index in [0.717, 1.165) is 4.47 Å². The summed E-state index contributed by atoms with van der Waals surface area (Å²) in [5.74, 6) is 0. The highest BCUT2D eigenvalue weighted by Gasteiger charge is 2.53. The Morgan fingerprint density at radius 1 is 1.18 bits per heavy atom. The summed E-state index contributed by atoms with van der Waals surface area (Å²) in [5.41, 5.74) is 0.114. The lowest BCUT2D eigenvalue weighted by molar-refractivity contribution is -0.166. The minimum Gasteiger partial charge on any atom is -0.380 e. The summed E-state index contributed by atoms with van der Waals surface area (Å²) >= 11 is 3.29. The average molecular weight is 318 g/mol. The number of benzene rings is 1. The van der Waals surface area contributed by atoms with Gasteiger partial charge in [0.25, 0.3) is 0 Å². The van der Waals surface area contributed by atoms with Gasteiger partial charge in [-0.25, -0.2) is 8.42 Å². The summed E-state index contributed by atoms with van der Waals surface area (Å²) in [6.45, 7) is 2.56. The zero-order valence-corrected chi connectivity index (χ0v) is 11.5. The summed E-state index contributed by atoms with van der Waals surface area (Å²) in [4.78, 5) is 0.357. The highest BCUT2D eigenvalue weighted by Crippen LogP contribution is 2.40. The van der Waals surface area contributed by atoms with Crippen molar-refractivity contribution in [3.8, 4) is 0 Å². The molecule has 0 unspecified atom stereocenters. The molecule has 4 nitrogen and oxygen atoms in total. The lowest BCUT2D eigenvalue weighted by Crippen LogP contribution is -2.66. The average Bonchev–Trinajstić information content (AvgIpc) is 2.13. The molecule has 6 heteroatoms. The molecule has 0 bridgehead atoms. The highest BCUT2D eigenvalue weighted by molar-refractivity contribution is 9.10. The van der Waals surface area contributed by atoms with Crippen molar-refractivity contribution in [3.05, 3.63) is 28.7 Å². The number of ether oxygens (including phenoxy) is 1. The minimum absolute atomic E-state index is 0.114. The molecule has 0 N–H and O–H groups in total. The van der Waals surface area contributed by atoms with Gasteiger partial charge in [-0.15, -0.1) is 0 Å². The first-order chi connectivity index (χ1) is 8.02. The predicted molar refractivity (Wildman–Crippen MR) is 66.2 cm³/mol. The summed E-state index contributed by atoms with van der Waals surface area (Å²) in [6.07, 6.45) is 0. The second-order valence-electron chi connectivity index (χ2n) is 4.72. The van der Waals surface area contributed by atoms with Gasteiger partial charge < -0.3 is 4.74 Å². The van der Waals surface area contributed by atoms with Gasteiger partial charge in [0.15, 0.2) is 0 Å². The first-order valence-electron chi connectivity index (χ1n) is 5.35. The molecule has 2 saturated heterocycles. The van der Waals surface area contributed by atoms with Gasteiger partial charge in [0.2, 0.25) is 10.0 Å². The molecule has 3 rings (SSSR count). The summed E-state index contributed by atoms with van der Waals surface area (Å²) < 4.78 is 32.0. The monoisotopic (exact) mass is 317 g/mol. The number of sulfonamides is 1. The summed E-state index contributed by atoms with van der Waals surface area (Å²) in [5, 5.41) is 0. The van der Waals surface area contributed by atoms with Crippen LogP contribution in [0, 0.1) is 5.41 Å². The molecule has 2 aliphatic rings. The third kappa shape index (κ3) is 1.83. The van der Waals surface area contributed by atoms with E-state index < -0.39 is 10.0 Å². The molecule has 92 valence electrons. The second kappa shape index (κ2) is 3.78. The van der Waals surface area contributed by atoms with Crippen molar-refractivity contribution < 1.29 is 13.2 Å². The fourth-order valence-electron chi connectivity index (χ4n) is 2.20. The molecular weight excluding hydrogens is 306 g/mol. The molecule has 0 radical (unpaired) electrons. The van der Waals surface area contributed by atoms with Crippen LogP contribution >= 0.6 is 15.9 Å².